The number of fused-ring (bicyclic) bond motifs is 7. The van der Waals surface area contributed by atoms with Crippen molar-refractivity contribution in [3.05, 3.63) is 11.6 Å². The van der Waals surface area contributed by atoms with Crippen LogP contribution in [0.2, 0.25) is 0 Å². The molecular formula is C36H55NO7. The Labute approximate surface area is 263 Å². The molecule has 0 saturated heterocycles. The van der Waals surface area contributed by atoms with Gasteiger partial charge in [-0.25, -0.2) is 0 Å². The highest BCUT2D eigenvalue weighted by Crippen LogP contribution is 2.75. The number of esters is 2. The van der Waals surface area contributed by atoms with E-state index in [1.807, 2.05) is 13.0 Å². The van der Waals surface area contributed by atoms with Gasteiger partial charge in [0.2, 0.25) is 0 Å². The van der Waals surface area contributed by atoms with E-state index >= 15 is 0 Å². The number of rotatable bonds is 6. The van der Waals surface area contributed by atoms with Crippen LogP contribution < -0.4 is 5.32 Å². The minimum atomic E-state index is -0.779. The first-order valence-corrected chi connectivity index (χ1v) is 16.9. The van der Waals surface area contributed by atoms with Crippen molar-refractivity contribution >= 4 is 23.6 Å². The lowest BCUT2D eigenvalue weighted by atomic mass is 9.33. The van der Waals surface area contributed by atoms with E-state index in [1.54, 1.807) is 6.92 Å². The summed E-state index contributed by atoms with van der Waals surface area (Å²) >= 11 is 0. The van der Waals surface area contributed by atoms with E-state index in [4.69, 9.17) is 9.47 Å². The first-order valence-electron chi connectivity index (χ1n) is 16.9. The first kappa shape index (κ1) is 33.2. The molecule has 0 aromatic rings. The van der Waals surface area contributed by atoms with Crippen molar-refractivity contribution in [2.24, 2.45) is 50.2 Å². The molecule has 8 heteroatoms. The molecule has 0 aromatic carbocycles. The number of ether oxygens (including phenoxy) is 2. The van der Waals surface area contributed by atoms with E-state index in [9.17, 15) is 24.3 Å². The second kappa shape index (κ2) is 10.9. The third-order valence-corrected chi connectivity index (χ3v) is 14.1. The normalized spacial score (nSPS) is 44.1. The number of hydrogen-bond donors (Lipinski definition) is 2. The Morgan fingerprint density at radius 1 is 0.932 bits per heavy atom. The molecule has 4 fully saturated rings. The van der Waals surface area contributed by atoms with Gasteiger partial charge in [-0.2, -0.15) is 0 Å². The van der Waals surface area contributed by atoms with Crippen LogP contribution in [-0.4, -0.2) is 54.6 Å². The minimum Gasteiger partial charge on any atom is -0.465 e. The Kier molecular flexibility index (Phi) is 8.25. The molecule has 0 radical (unpaired) electrons. The van der Waals surface area contributed by atoms with Gasteiger partial charge in [0.25, 0.3) is 5.91 Å². The molecule has 1 amide bonds. The molecule has 44 heavy (non-hydrogen) atoms. The fraction of sp³-hybridized carbons (Fsp3) is 0.833. The second-order valence-corrected chi connectivity index (χ2v) is 16.8. The number of ketones is 1. The molecule has 2 N–H and O–H groups in total. The van der Waals surface area contributed by atoms with E-state index in [-0.39, 0.29) is 69.9 Å². The lowest BCUT2D eigenvalue weighted by Crippen LogP contribution is -2.66. The molecule has 8 nitrogen and oxygen atoms in total. The number of aliphatic hydroxyl groups is 1. The summed E-state index contributed by atoms with van der Waals surface area (Å²) in [6, 6.07) is 0. The Morgan fingerprint density at radius 3 is 2.30 bits per heavy atom. The number of nitrogens with one attached hydrogen (secondary N) is 1. The van der Waals surface area contributed by atoms with Crippen molar-refractivity contribution in [3.8, 4) is 0 Å². The predicted octanol–water partition coefficient (Wildman–Crippen LogP) is 5.55. The highest BCUT2D eigenvalue weighted by molar-refractivity contribution is 5.95. The first-order chi connectivity index (χ1) is 20.4. The van der Waals surface area contributed by atoms with E-state index in [1.165, 1.54) is 5.57 Å². The predicted molar refractivity (Wildman–Crippen MR) is 166 cm³/mol. The fourth-order valence-electron chi connectivity index (χ4n) is 11.1. The fourth-order valence-corrected chi connectivity index (χ4v) is 11.1. The van der Waals surface area contributed by atoms with Crippen LogP contribution in [0.15, 0.2) is 11.6 Å². The van der Waals surface area contributed by atoms with Crippen molar-refractivity contribution in [2.45, 2.75) is 119 Å². The summed E-state index contributed by atoms with van der Waals surface area (Å²) in [5.74, 6) is -0.977. The van der Waals surface area contributed by atoms with Gasteiger partial charge in [-0.15, -0.1) is 0 Å². The highest BCUT2D eigenvalue weighted by atomic mass is 16.5. The lowest BCUT2D eigenvalue weighted by Gasteiger charge is -2.70. The van der Waals surface area contributed by atoms with Gasteiger partial charge in [-0.05, 0) is 117 Å². The van der Waals surface area contributed by atoms with Gasteiger partial charge in [0.1, 0.15) is 6.54 Å². The minimum absolute atomic E-state index is 0.0103. The van der Waals surface area contributed by atoms with Crippen molar-refractivity contribution in [3.63, 3.8) is 0 Å². The summed E-state index contributed by atoms with van der Waals surface area (Å²) in [7, 11) is 0. The summed E-state index contributed by atoms with van der Waals surface area (Å²) in [4.78, 5) is 51.9. The van der Waals surface area contributed by atoms with Crippen LogP contribution in [0, 0.1) is 50.2 Å². The summed E-state index contributed by atoms with van der Waals surface area (Å²) in [5, 5.41) is 13.4. The van der Waals surface area contributed by atoms with E-state index in [2.05, 4.69) is 46.9 Å². The molecule has 0 aliphatic heterocycles. The number of aliphatic hydroxyl groups excluding tert-OH is 1. The van der Waals surface area contributed by atoms with Gasteiger partial charge in [0.05, 0.1) is 18.1 Å². The molecule has 0 bridgehead atoms. The second-order valence-electron chi connectivity index (χ2n) is 16.8. The van der Waals surface area contributed by atoms with Crippen molar-refractivity contribution in [1.82, 2.24) is 5.32 Å². The maximum Gasteiger partial charge on any atom is 0.325 e. The van der Waals surface area contributed by atoms with Crippen LogP contribution in [-0.2, 0) is 28.7 Å². The van der Waals surface area contributed by atoms with Crippen LogP contribution >= 0.6 is 0 Å². The van der Waals surface area contributed by atoms with Crippen molar-refractivity contribution in [2.75, 3.05) is 19.8 Å². The number of carbonyl (C=O) groups is 4. The zero-order valence-corrected chi connectivity index (χ0v) is 28.3. The number of amides is 1. The largest absolute Gasteiger partial charge is 0.465 e. The summed E-state index contributed by atoms with van der Waals surface area (Å²) in [6.07, 6.45) is 9.40. The molecule has 0 heterocycles. The van der Waals surface area contributed by atoms with Gasteiger partial charge in [-0.1, -0.05) is 47.1 Å². The molecule has 5 aliphatic rings. The molecule has 9 atom stereocenters. The maximum atomic E-state index is 14.5. The van der Waals surface area contributed by atoms with Gasteiger partial charge >= 0.3 is 11.9 Å². The quantitative estimate of drug-likeness (QED) is 0.377. The molecule has 0 unspecified atom stereocenters. The molecule has 0 spiro atoms. The lowest BCUT2D eigenvalue weighted by molar-refractivity contribution is -0.202. The number of allylic oxidation sites excluding steroid dienone is 2. The third-order valence-electron chi connectivity index (χ3n) is 14.1. The molecule has 5 rings (SSSR count). The van der Waals surface area contributed by atoms with Crippen LogP contribution in [0.25, 0.3) is 0 Å². The number of hydrogen-bond acceptors (Lipinski definition) is 7. The smallest absolute Gasteiger partial charge is 0.325 e. The van der Waals surface area contributed by atoms with E-state index in [0.29, 0.717) is 12.8 Å². The molecular weight excluding hydrogens is 558 g/mol. The summed E-state index contributed by atoms with van der Waals surface area (Å²) < 4.78 is 10.4. The Morgan fingerprint density at radius 2 is 1.61 bits per heavy atom. The molecule has 5 aliphatic carbocycles. The molecule has 246 valence electrons. The third kappa shape index (κ3) is 4.87. The number of carbonyl (C=O) groups excluding carboxylic acids is 4. The van der Waals surface area contributed by atoms with Gasteiger partial charge in [0.15, 0.2) is 12.4 Å². The summed E-state index contributed by atoms with van der Waals surface area (Å²) in [6.45, 7) is 17.0. The highest BCUT2D eigenvalue weighted by Gasteiger charge is 2.70. The van der Waals surface area contributed by atoms with E-state index < -0.39 is 29.9 Å². The Bertz CT molecular complexity index is 1260. The Balaban J connectivity index is 1.39. The average Bonchev–Trinajstić information content (AvgIpc) is 2.95. The van der Waals surface area contributed by atoms with Crippen LogP contribution in [0.4, 0.5) is 0 Å². The zero-order valence-electron chi connectivity index (χ0n) is 28.3. The SMILES string of the molecule is CCOC(=O)CNC(=O)COC(=O)[C@@]1(C)CC[C@]2(C)CC[C@]3(C)C(=CC(=O)[C@@H]4[C@@]5(C)CC[C@H](O)C(C)(C)[C@@H]5CC[C@]43C)[C@@H]2C1. The van der Waals surface area contributed by atoms with Gasteiger partial charge in [-0.3, -0.25) is 19.2 Å². The van der Waals surface area contributed by atoms with Crippen molar-refractivity contribution < 1.29 is 33.8 Å². The van der Waals surface area contributed by atoms with Crippen LogP contribution in [0.1, 0.15) is 113 Å². The standard InChI is InChI=1S/C36H55NO7/c1-9-43-28(41)20-37-27(40)21-44-30(42)33(5)15-14-32(4)16-17-35(7)22(23(32)19-33)18-24(38)29-34(6)12-11-26(39)31(2,3)25(34)10-13-36(29,35)8/h18,23,25-26,29,39H,9-17,19-21H2,1-8H3,(H,37,40)/t23-,25-,26-,29+,32+,33-,34-,35+,36+/m0/s1. The monoisotopic (exact) mass is 613 g/mol. The van der Waals surface area contributed by atoms with E-state index in [0.717, 1.165) is 44.9 Å². The molecule has 0 aromatic heterocycles. The zero-order chi connectivity index (χ0) is 32.5. The van der Waals surface area contributed by atoms with Crippen LogP contribution in [0.3, 0.4) is 0 Å². The van der Waals surface area contributed by atoms with Gasteiger partial charge in [0, 0.05) is 5.92 Å². The van der Waals surface area contributed by atoms with Gasteiger partial charge < -0.3 is 19.9 Å². The Hall–Kier alpha value is -2.22. The van der Waals surface area contributed by atoms with Crippen molar-refractivity contribution in [1.29, 1.82) is 0 Å². The maximum absolute atomic E-state index is 14.5. The molecule has 4 saturated carbocycles. The topological polar surface area (TPSA) is 119 Å². The van der Waals surface area contributed by atoms with Crippen LogP contribution in [0.5, 0.6) is 0 Å². The summed E-state index contributed by atoms with van der Waals surface area (Å²) in [5.41, 5.74) is -0.340. The average molecular weight is 614 g/mol.